The minimum atomic E-state index is -0.895. The van der Waals surface area contributed by atoms with Gasteiger partial charge in [-0.3, -0.25) is 0 Å². The third-order valence-corrected chi connectivity index (χ3v) is 3.61. The molecule has 0 bridgehead atoms. The number of urea groups is 1. The molecule has 0 aromatic heterocycles. The lowest BCUT2D eigenvalue weighted by molar-refractivity contribution is 0.252. The fraction of sp³-hybridized carbons (Fsp3) is 0.278. The van der Waals surface area contributed by atoms with Crippen LogP contribution in [0.1, 0.15) is 5.56 Å². The Labute approximate surface area is 150 Å². The number of hydrogen-bond acceptors (Lipinski definition) is 4. The highest BCUT2D eigenvalue weighted by Crippen LogP contribution is 2.27. The number of benzene rings is 2. The summed E-state index contributed by atoms with van der Waals surface area (Å²) in [4.78, 5) is 11.9. The van der Waals surface area contributed by atoms with E-state index in [9.17, 15) is 13.6 Å². The molecule has 0 saturated heterocycles. The summed E-state index contributed by atoms with van der Waals surface area (Å²) >= 11 is 0. The number of rotatable bonds is 7. The molecule has 140 valence electrons. The maximum absolute atomic E-state index is 13.6. The predicted molar refractivity (Wildman–Crippen MR) is 93.2 cm³/mol. The highest BCUT2D eigenvalue weighted by atomic mass is 19.1. The Kier molecular flexibility index (Phi) is 6.60. The molecular weight excluding hydrogens is 346 g/mol. The predicted octanol–water partition coefficient (Wildman–Crippen LogP) is 3.35. The van der Waals surface area contributed by atoms with Crippen LogP contribution in [0.25, 0.3) is 0 Å². The van der Waals surface area contributed by atoms with Crippen molar-refractivity contribution in [1.29, 1.82) is 0 Å². The molecule has 0 heterocycles. The molecule has 0 unspecified atom stereocenters. The molecule has 0 radical (unpaired) electrons. The van der Waals surface area contributed by atoms with Gasteiger partial charge in [-0.15, -0.1) is 0 Å². The van der Waals surface area contributed by atoms with Crippen molar-refractivity contribution in [2.45, 2.75) is 6.42 Å². The van der Waals surface area contributed by atoms with E-state index in [1.807, 2.05) is 12.1 Å². The van der Waals surface area contributed by atoms with Crippen LogP contribution in [0.4, 0.5) is 19.3 Å². The Morgan fingerprint density at radius 3 is 2.19 bits per heavy atom. The normalized spacial score (nSPS) is 10.2. The Bertz CT molecular complexity index is 761. The second-order valence-electron chi connectivity index (χ2n) is 5.29. The summed E-state index contributed by atoms with van der Waals surface area (Å²) in [6.07, 6.45) is 0.541. The zero-order valence-corrected chi connectivity index (χ0v) is 14.7. The molecule has 26 heavy (non-hydrogen) atoms. The number of hydrogen-bond donors (Lipinski definition) is 2. The number of anilines is 1. The lowest BCUT2D eigenvalue weighted by Gasteiger charge is -2.11. The molecule has 2 N–H and O–H groups in total. The van der Waals surface area contributed by atoms with Crippen molar-refractivity contribution >= 4 is 11.7 Å². The molecule has 0 spiro atoms. The van der Waals surface area contributed by atoms with Crippen molar-refractivity contribution in [2.75, 3.05) is 33.2 Å². The van der Waals surface area contributed by atoms with E-state index in [2.05, 4.69) is 15.4 Å². The van der Waals surface area contributed by atoms with Crippen LogP contribution in [0.3, 0.4) is 0 Å². The molecule has 8 heteroatoms. The van der Waals surface area contributed by atoms with E-state index in [0.717, 1.165) is 24.8 Å². The minimum Gasteiger partial charge on any atom is -0.493 e. The number of carbonyl (C=O) groups is 1. The van der Waals surface area contributed by atoms with Crippen LogP contribution in [-0.2, 0) is 6.42 Å². The Balaban J connectivity index is 1.89. The van der Waals surface area contributed by atoms with Gasteiger partial charge in [0.05, 0.1) is 21.3 Å². The van der Waals surface area contributed by atoms with E-state index >= 15 is 0 Å². The number of nitrogens with one attached hydrogen (secondary N) is 2. The van der Waals surface area contributed by atoms with Gasteiger partial charge in [0.25, 0.3) is 0 Å². The quantitative estimate of drug-likeness (QED) is 0.789. The smallest absolute Gasteiger partial charge is 0.319 e. The number of amides is 2. The second kappa shape index (κ2) is 8.89. The van der Waals surface area contributed by atoms with Gasteiger partial charge in [0, 0.05) is 24.4 Å². The average molecular weight is 366 g/mol. The molecule has 0 aliphatic carbocycles. The van der Waals surface area contributed by atoms with Crippen LogP contribution in [0, 0.1) is 11.6 Å². The topological polar surface area (TPSA) is 68.8 Å². The molecule has 2 aromatic carbocycles. The standard InChI is InChI=1S/C18H20F2N2O4/c1-24-15-5-4-11(8-16(15)25-2)6-7-21-18(23)22-12-9-13(19)17(26-3)14(20)10-12/h4-5,8-10H,6-7H2,1-3H3,(H2,21,22,23). The summed E-state index contributed by atoms with van der Waals surface area (Å²) in [5.74, 6) is -1.07. The van der Waals surface area contributed by atoms with Gasteiger partial charge in [0.2, 0.25) is 0 Å². The molecule has 0 fully saturated rings. The lowest BCUT2D eigenvalue weighted by atomic mass is 10.1. The van der Waals surface area contributed by atoms with E-state index in [1.165, 1.54) is 0 Å². The molecular formula is C18H20F2N2O4. The summed E-state index contributed by atoms with van der Waals surface area (Å²) < 4.78 is 42.2. The van der Waals surface area contributed by atoms with Gasteiger partial charge in [0.1, 0.15) is 0 Å². The van der Waals surface area contributed by atoms with E-state index in [1.54, 1.807) is 20.3 Å². The van der Waals surface area contributed by atoms with E-state index in [0.29, 0.717) is 24.5 Å². The summed E-state index contributed by atoms with van der Waals surface area (Å²) in [6, 6.07) is 6.83. The second-order valence-corrected chi connectivity index (χ2v) is 5.29. The first kappa shape index (κ1) is 19.3. The van der Waals surface area contributed by atoms with Gasteiger partial charge >= 0.3 is 6.03 Å². The first-order chi connectivity index (χ1) is 12.5. The Hall–Kier alpha value is -3.03. The Morgan fingerprint density at radius 2 is 1.62 bits per heavy atom. The first-order valence-electron chi connectivity index (χ1n) is 7.77. The number of methoxy groups -OCH3 is 3. The molecule has 2 rings (SSSR count). The van der Waals surface area contributed by atoms with Crippen molar-refractivity contribution in [3.8, 4) is 17.2 Å². The summed E-state index contributed by atoms with van der Waals surface area (Å²) in [7, 11) is 4.25. The average Bonchev–Trinajstić information content (AvgIpc) is 2.61. The largest absolute Gasteiger partial charge is 0.493 e. The fourth-order valence-corrected chi connectivity index (χ4v) is 2.36. The van der Waals surface area contributed by atoms with Crippen molar-refractivity contribution in [3.05, 3.63) is 47.5 Å². The van der Waals surface area contributed by atoms with Crippen LogP contribution in [0.5, 0.6) is 17.2 Å². The maximum atomic E-state index is 13.6. The molecule has 0 saturated carbocycles. The lowest BCUT2D eigenvalue weighted by Crippen LogP contribution is -2.30. The third kappa shape index (κ3) is 4.75. The van der Waals surface area contributed by atoms with Crippen molar-refractivity contribution in [2.24, 2.45) is 0 Å². The number of carbonyl (C=O) groups excluding carboxylic acids is 1. The molecule has 0 atom stereocenters. The minimum absolute atomic E-state index is 0.00980. The van der Waals surface area contributed by atoms with Crippen LogP contribution in [0.15, 0.2) is 30.3 Å². The molecule has 2 aromatic rings. The van der Waals surface area contributed by atoms with E-state index in [-0.39, 0.29) is 5.69 Å². The third-order valence-electron chi connectivity index (χ3n) is 3.61. The van der Waals surface area contributed by atoms with Crippen molar-refractivity contribution in [3.63, 3.8) is 0 Å². The zero-order valence-electron chi connectivity index (χ0n) is 14.7. The Morgan fingerprint density at radius 1 is 0.962 bits per heavy atom. The molecule has 0 aliphatic rings. The van der Waals surface area contributed by atoms with Gasteiger partial charge in [0.15, 0.2) is 28.9 Å². The first-order valence-corrected chi connectivity index (χ1v) is 7.77. The van der Waals surface area contributed by atoms with Crippen LogP contribution < -0.4 is 24.8 Å². The monoisotopic (exact) mass is 366 g/mol. The van der Waals surface area contributed by atoms with Crippen molar-refractivity contribution in [1.82, 2.24) is 5.32 Å². The van der Waals surface area contributed by atoms with Gasteiger partial charge in [-0.25, -0.2) is 13.6 Å². The molecule has 2 amide bonds. The highest BCUT2D eigenvalue weighted by Gasteiger charge is 2.13. The molecule has 6 nitrogen and oxygen atoms in total. The van der Waals surface area contributed by atoms with Crippen LogP contribution in [-0.4, -0.2) is 33.9 Å². The molecule has 0 aliphatic heterocycles. The number of halogens is 2. The van der Waals surface area contributed by atoms with Gasteiger partial charge in [-0.2, -0.15) is 0 Å². The van der Waals surface area contributed by atoms with Gasteiger partial charge in [-0.05, 0) is 24.1 Å². The maximum Gasteiger partial charge on any atom is 0.319 e. The van der Waals surface area contributed by atoms with Crippen molar-refractivity contribution < 1.29 is 27.8 Å². The van der Waals surface area contributed by atoms with E-state index < -0.39 is 23.4 Å². The summed E-state index contributed by atoms with van der Waals surface area (Å²) in [5, 5.41) is 4.99. The SMILES string of the molecule is COc1ccc(CCNC(=O)Nc2cc(F)c(OC)c(F)c2)cc1OC. The van der Waals surface area contributed by atoms with Crippen LogP contribution >= 0.6 is 0 Å². The highest BCUT2D eigenvalue weighted by molar-refractivity contribution is 5.89. The fourth-order valence-electron chi connectivity index (χ4n) is 2.36. The number of ether oxygens (including phenoxy) is 3. The summed E-state index contributed by atoms with van der Waals surface area (Å²) in [6.45, 7) is 0.322. The zero-order chi connectivity index (χ0) is 19.1. The summed E-state index contributed by atoms with van der Waals surface area (Å²) in [5.41, 5.74) is 0.925. The van der Waals surface area contributed by atoms with E-state index in [4.69, 9.17) is 9.47 Å². The van der Waals surface area contributed by atoms with Crippen LogP contribution in [0.2, 0.25) is 0 Å². The van der Waals surface area contributed by atoms with Gasteiger partial charge in [-0.1, -0.05) is 6.07 Å². The van der Waals surface area contributed by atoms with Gasteiger partial charge < -0.3 is 24.8 Å².